The van der Waals surface area contributed by atoms with Crippen LogP contribution in [0.25, 0.3) is 5.95 Å². The van der Waals surface area contributed by atoms with Crippen LogP contribution in [0.15, 0.2) is 46.1 Å². The Kier molecular flexibility index (Phi) is 6.36. The summed E-state index contributed by atoms with van der Waals surface area (Å²) in [6.07, 6.45) is -0.232. The van der Waals surface area contributed by atoms with Gasteiger partial charge >= 0.3 is 0 Å². The molecule has 1 aromatic carbocycles. The molecule has 0 radical (unpaired) electrons. The molecule has 1 amide bonds. The van der Waals surface area contributed by atoms with Gasteiger partial charge in [-0.05, 0) is 26.0 Å². The van der Waals surface area contributed by atoms with E-state index in [4.69, 9.17) is 0 Å². The van der Waals surface area contributed by atoms with Crippen molar-refractivity contribution in [1.82, 2.24) is 19.7 Å². The Balaban J connectivity index is 1.88. The summed E-state index contributed by atoms with van der Waals surface area (Å²) in [5.74, 6) is -0.358. The molecular weight excluding hydrogens is 430 g/mol. The minimum Gasteiger partial charge on any atom is -0.310 e. The first kappa shape index (κ1) is 23.4. The molecule has 0 aliphatic heterocycles. The minimum absolute atomic E-state index is 0.167. The number of anilines is 1. The van der Waals surface area contributed by atoms with Crippen LogP contribution in [0.2, 0.25) is 0 Å². The topological polar surface area (TPSA) is 127 Å². The average Bonchev–Trinajstić information content (AvgIpc) is 3.15. The molecule has 2 aromatic heterocycles. The number of nitrogens with one attached hydrogen (secondary N) is 2. The predicted octanol–water partition coefficient (Wildman–Crippen LogP) is 2.67. The maximum atomic E-state index is 12.6. The number of aryl methyl sites for hydroxylation is 1. The summed E-state index contributed by atoms with van der Waals surface area (Å²) in [6, 6.07) is 9.69. The molecular formula is C22H27N5O4S. The van der Waals surface area contributed by atoms with Gasteiger partial charge in [0, 0.05) is 29.2 Å². The van der Waals surface area contributed by atoms with Crippen LogP contribution < -0.4 is 10.9 Å². The SMILES string of the molecule is Cc1nc(-n2nc(C(C)(C)C)cc2NC(=O)CCS(=O)(=O)c2ccccc2)[nH]c(=O)c1C. The van der Waals surface area contributed by atoms with Crippen molar-refractivity contribution in [2.75, 3.05) is 11.1 Å². The summed E-state index contributed by atoms with van der Waals surface area (Å²) in [5, 5.41) is 7.24. The highest BCUT2D eigenvalue weighted by Gasteiger charge is 2.23. The Labute approximate surface area is 186 Å². The van der Waals surface area contributed by atoms with Gasteiger partial charge < -0.3 is 5.32 Å². The lowest BCUT2D eigenvalue weighted by molar-refractivity contribution is -0.115. The second kappa shape index (κ2) is 8.70. The number of rotatable bonds is 6. The van der Waals surface area contributed by atoms with E-state index in [-0.39, 0.29) is 34.0 Å². The molecule has 0 atom stereocenters. The molecule has 32 heavy (non-hydrogen) atoms. The highest BCUT2D eigenvalue weighted by atomic mass is 32.2. The molecule has 9 nitrogen and oxygen atoms in total. The molecule has 0 unspecified atom stereocenters. The zero-order chi connectivity index (χ0) is 23.7. The fourth-order valence-corrected chi connectivity index (χ4v) is 4.17. The Morgan fingerprint density at radius 1 is 1.16 bits per heavy atom. The summed E-state index contributed by atoms with van der Waals surface area (Å²) in [6.45, 7) is 9.29. The molecule has 0 aliphatic rings. The standard InChI is InChI=1S/C22H27N5O4S/c1-14-15(2)23-21(25-20(14)29)27-18(13-17(26-27)22(3,4)5)24-19(28)11-12-32(30,31)16-9-7-6-8-10-16/h6-10,13H,11-12H2,1-5H3,(H,24,28)(H,23,25,29). The molecule has 0 fully saturated rings. The molecule has 10 heteroatoms. The summed E-state index contributed by atoms with van der Waals surface area (Å²) < 4.78 is 26.3. The largest absolute Gasteiger partial charge is 0.310 e. The number of aromatic amines is 1. The summed E-state index contributed by atoms with van der Waals surface area (Å²) >= 11 is 0. The molecule has 0 aliphatic carbocycles. The Morgan fingerprint density at radius 3 is 2.41 bits per heavy atom. The maximum Gasteiger partial charge on any atom is 0.255 e. The number of sulfone groups is 1. The van der Waals surface area contributed by atoms with E-state index >= 15 is 0 Å². The van der Waals surface area contributed by atoms with Crippen LogP contribution in [0.3, 0.4) is 0 Å². The second-order valence-electron chi connectivity index (χ2n) is 8.61. The van der Waals surface area contributed by atoms with Gasteiger partial charge in [-0.3, -0.25) is 14.6 Å². The lowest BCUT2D eigenvalue weighted by Gasteiger charge is -2.14. The second-order valence-corrected chi connectivity index (χ2v) is 10.7. The quantitative estimate of drug-likeness (QED) is 0.586. The van der Waals surface area contributed by atoms with E-state index in [2.05, 4.69) is 20.4 Å². The van der Waals surface area contributed by atoms with E-state index in [1.807, 2.05) is 20.8 Å². The highest BCUT2D eigenvalue weighted by molar-refractivity contribution is 7.91. The van der Waals surface area contributed by atoms with Crippen molar-refractivity contribution in [2.45, 2.75) is 51.3 Å². The van der Waals surface area contributed by atoms with Crippen molar-refractivity contribution in [1.29, 1.82) is 0 Å². The number of carbonyl (C=O) groups excluding carboxylic acids is 1. The van der Waals surface area contributed by atoms with Gasteiger partial charge in [-0.1, -0.05) is 39.0 Å². The van der Waals surface area contributed by atoms with Gasteiger partial charge in [0.25, 0.3) is 5.56 Å². The van der Waals surface area contributed by atoms with E-state index in [1.165, 1.54) is 16.8 Å². The summed E-state index contributed by atoms with van der Waals surface area (Å²) in [4.78, 5) is 32.1. The third-order valence-electron chi connectivity index (χ3n) is 5.03. The molecule has 3 rings (SSSR count). The van der Waals surface area contributed by atoms with Gasteiger partial charge in [0.15, 0.2) is 9.84 Å². The summed E-state index contributed by atoms with van der Waals surface area (Å²) in [5.41, 5.74) is 1.08. The maximum absolute atomic E-state index is 12.6. The van der Waals surface area contributed by atoms with E-state index in [0.717, 1.165) is 0 Å². The van der Waals surface area contributed by atoms with Crippen LogP contribution in [0, 0.1) is 13.8 Å². The van der Waals surface area contributed by atoms with Crippen molar-refractivity contribution >= 4 is 21.6 Å². The molecule has 0 saturated carbocycles. The number of carbonyl (C=O) groups is 1. The first-order valence-electron chi connectivity index (χ1n) is 10.1. The Morgan fingerprint density at radius 2 is 1.81 bits per heavy atom. The molecule has 2 N–H and O–H groups in total. The van der Waals surface area contributed by atoms with Crippen molar-refractivity contribution < 1.29 is 13.2 Å². The highest BCUT2D eigenvalue weighted by Crippen LogP contribution is 2.25. The van der Waals surface area contributed by atoms with Crippen molar-refractivity contribution in [3.05, 3.63) is 63.7 Å². The van der Waals surface area contributed by atoms with Crippen molar-refractivity contribution in [3.63, 3.8) is 0 Å². The number of H-pyrrole nitrogens is 1. The van der Waals surface area contributed by atoms with Crippen LogP contribution in [0.1, 0.15) is 44.1 Å². The first-order chi connectivity index (χ1) is 14.9. The van der Waals surface area contributed by atoms with Crippen LogP contribution in [-0.4, -0.2) is 39.8 Å². The minimum atomic E-state index is -3.59. The van der Waals surface area contributed by atoms with Gasteiger partial charge in [0.05, 0.1) is 16.3 Å². The lowest BCUT2D eigenvalue weighted by atomic mass is 9.92. The monoisotopic (exact) mass is 457 g/mol. The van der Waals surface area contributed by atoms with Gasteiger partial charge in [-0.15, -0.1) is 0 Å². The van der Waals surface area contributed by atoms with E-state index in [0.29, 0.717) is 22.8 Å². The van der Waals surface area contributed by atoms with Crippen molar-refractivity contribution in [2.24, 2.45) is 0 Å². The molecule has 2 heterocycles. The number of nitrogens with zero attached hydrogens (tertiary/aromatic N) is 3. The molecule has 0 saturated heterocycles. The molecule has 0 spiro atoms. The molecule has 3 aromatic rings. The molecule has 0 bridgehead atoms. The number of benzene rings is 1. The smallest absolute Gasteiger partial charge is 0.255 e. The van der Waals surface area contributed by atoms with E-state index < -0.39 is 15.7 Å². The van der Waals surface area contributed by atoms with Crippen LogP contribution in [0.4, 0.5) is 5.82 Å². The third-order valence-corrected chi connectivity index (χ3v) is 6.76. The fourth-order valence-electron chi connectivity index (χ4n) is 2.91. The van der Waals surface area contributed by atoms with Gasteiger partial charge in [-0.2, -0.15) is 9.78 Å². The Bertz CT molecular complexity index is 1300. The average molecular weight is 458 g/mol. The van der Waals surface area contributed by atoms with Crippen LogP contribution in [-0.2, 0) is 20.0 Å². The number of hydrogen-bond donors (Lipinski definition) is 2. The Hall–Kier alpha value is -3.27. The van der Waals surface area contributed by atoms with Crippen LogP contribution in [0.5, 0.6) is 0 Å². The van der Waals surface area contributed by atoms with E-state index in [9.17, 15) is 18.0 Å². The van der Waals surface area contributed by atoms with Crippen LogP contribution >= 0.6 is 0 Å². The summed E-state index contributed by atoms with van der Waals surface area (Å²) in [7, 11) is -3.59. The van der Waals surface area contributed by atoms with Gasteiger partial charge in [0.1, 0.15) is 5.82 Å². The van der Waals surface area contributed by atoms with E-state index in [1.54, 1.807) is 38.1 Å². The normalized spacial score (nSPS) is 12.0. The number of hydrogen-bond acceptors (Lipinski definition) is 6. The molecule has 170 valence electrons. The predicted molar refractivity (Wildman–Crippen MR) is 122 cm³/mol. The van der Waals surface area contributed by atoms with Gasteiger partial charge in [-0.25, -0.2) is 13.4 Å². The van der Waals surface area contributed by atoms with Gasteiger partial charge in [0.2, 0.25) is 11.9 Å². The third kappa shape index (κ3) is 5.13. The fraction of sp³-hybridized carbons (Fsp3) is 0.364. The number of aromatic nitrogens is 4. The first-order valence-corrected chi connectivity index (χ1v) is 11.8. The lowest BCUT2D eigenvalue weighted by Crippen LogP contribution is -2.22. The zero-order valence-electron chi connectivity index (χ0n) is 18.8. The zero-order valence-corrected chi connectivity index (χ0v) is 19.6. The number of amides is 1. The van der Waals surface area contributed by atoms with Crippen molar-refractivity contribution in [3.8, 4) is 5.95 Å².